The molecule has 0 bridgehead atoms. The lowest BCUT2D eigenvalue weighted by Gasteiger charge is -2.16. The highest BCUT2D eigenvalue weighted by Gasteiger charge is 2.34. The SMILES string of the molecule is O=C(c1c(Cl)cccc1Cl)N1C[C@@H](O)[C@@H](O)C1. The number of β-amino-alcohol motifs (C(OH)–C–C–N with tert-alkyl or cyclic N) is 2. The molecule has 2 atom stereocenters. The van der Waals surface area contributed by atoms with E-state index in [2.05, 4.69) is 0 Å². The van der Waals surface area contributed by atoms with E-state index in [1.54, 1.807) is 18.2 Å². The van der Waals surface area contributed by atoms with Gasteiger partial charge in [-0.25, -0.2) is 0 Å². The molecule has 6 heteroatoms. The third-order valence-electron chi connectivity index (χ3n) is 2.72. The van der Waals surface area contributed by atoms with Gasteiger partial charge in [-0.15, -0.1) is 0 Å². The molecule has 17 heavy (non-hydrogen) atoms. The minimum absolute atomic E-state index is 0.0849. The van der Waals surface area contributed by atoms with Gasteiger partial charge in [0.15, 0.2) is 0 Å². The summed E-state index contributed by atoms with van der Waals surface area (Å²) in [5, 5.41) is 19.3. The standard InChI is InChI=1S/C11H11Cl2NO3/c12-6-2-1-3-7(13)10(6)11(17)14-4-8(15)9(16)5-14/h1-3,8-9,15-16H,4-5H2/t8-,9+. The zero-order valence-corrected chi connectivity index (χ0v) is 10.3. The van der Waals surface area contributed by atoms with Crippen molar-refractivity contribution in [2.24, 2.45) is 0 Å². The van der Waals surface area contributed by atoms with Gasteiger partial charge < -0.3 is 15.1 Å². The summed E-state index contributed by atoms with van der Waals surface area (Å²) in [6, 6.07) is 4.79. The Morgan fingerprint density at radius 3 is 2.12 bits per heavy atom. The average molecular weight is 276 g/mol. The number of hydrogen-bond acceptors (Lipinski definition) is 3. The van der Waals surface area contributed by atoms with Crippen molar-refractivity contribution in [1.29, 1.82) is 0 Å². The van der Waals surface area contributed by atoms with Crippen molar-refractivity contribution in [2.45, 2.75) is 12.2 Å². The Balaban J connectivity index is 2.27. The number of halogens is 2. The first-order valence-corrected chi connectivity index (χ1v) is 5.85. The number of aliphatic hydroxyl groups excluding tert-OH is 2. The smallest absolute Gasteiger partial charge is 0.257 e. The number of nitrogens with zero attached hydrogens (tertiary/aromatic N) is 1. The lowest BCUT2D eigenvalue weighted by atomic mass is 10.2. The lowest BCUT2D eigenvalue weighted by molar-refractivity contribution is 0.0572. The number of hydrogen-bond donors (Lipinski definition) is 2. The highest BCUT2D eigenvalue weighted by atomic mass is 35.5. The van der Waals surface area contributed by atoms with Crippen LogP contribution in [0.15, 0.2) is 18.2 Å². The van der Waals surface area contributed by atoms with Crippen LogP contribution in [0.25, 0.3) is 0 Å². The van der Waals surface area contributed by atoms with Crippen molar-refractivity contribution in [3.63, 3.8) is 0 Å². The highest BCUT2D eigenvalue weighted by molar-refractivity contribution is 6.39. The van der Waals surface area contributed by atoms with Crippen LogP contribution in [0.3, 0.4) is 0 Å². The molecule has 0 aromatic heterocycles. The summed E-state index contributed by atoms with van der Waals surface area (Å²) in [7, 11) is 0. The fraction of sp³-hybridized carbons (Fsp3) is 0.364. The minimum Gasteiger partial charge on any atom is -0.388 e. The van der Waals surface area contributed by atoms with Crippen molar-refractivity contribution in [3.05, 3.63) is 33.8 Å². The van der Waals surface area contributed by atoms with E-state index in [0.29, 0.717) is 0 Å². The first kappa shape index (κ1) is 12.6. The molecule has 1 heterocycles. The monoisotopic (exact) mass is 275 g/mol. The topological polar surface area (TPSA) is 60.8 Å². The molecule has 0 spiro atoms. The molecule has 2 rings (SSSR count). The molecule has 92 valence electrons. The van der Waals surface area contributed by atoms with E-state index in [1.165, 1.54) is 4.90 Å². The summed E-state index contributed by atoms with van der Waals surface area (Å²) in [6.45, 7) is 0.170. The Kier molecular flexibility index (Phi) is 3.58. The van der Waals surface area contributed by atoms with E-state index in [0.717, 1.165) is 0 Å². The molecule has 1 fully saturated rings. The summed E-state index contributed by atoms with van der Waals surface area (Å²) >= 11 is 11.8. The third kappa shape index (κ3) is 2.40. The lowest BCUT2D eigenvalue weighted by Crippen LogP contribution is -2.30. The highest BCUT2D eigenvalue weighted by Crippen LogP contribution is 2.27. The van der Waals surface area contributed by atoms with E-state index < -0.39 is 12.2 Å². The van der Waals surface area contributed by atoms with Gasteiger partial charge in [-0.2, -0.15) is 0 Å². The van der Waals surface area contributed by atoms with Crippen molar-refractivity contribution < 1.29 is 15.0 Å². The van der Waals surface area contributed by atoms with Crippen LogP contribution in [0.1, 0.15) is 10.4 Å². The number of rotatable bonds is 1. The van der Waals surface area contributed by atoms with E-state index in [1.807, 2.05) is 0 Å². The Morgan fingerprint density at radius 2 is 1.65 bits per heavy atom. The number of carbonyl (C=O) groups excluding carboxylic acids is 1. The summed E-state index contributed by atoms with van der Waals surface area (Å²) in [5.74, 6) is -0.379. The second-order valence-corrected chi connectivity index (χ2v) is 4.76. The number of likely N-dealkylation sites (tertiary alicyclic amines) is 1. The maximum absolute atomic E-state index is 12.1. The molecule has 4 nitrogen and oxygen atoms in total. The van der Waals surface area contributed by atoms with Gasteiger partial charge in [0.05, 0.1) is 27.8 Å². The Hall–Kier alpha value is -0.810. The first-order chi connectivity index (χ1) is 8.00. The van der Waals surface area contributed by atoms with Crippen LogP contribution in [-0.4, -0.2) is 46.3 Å². The van der Waals surface area contributed by atoms with Crippen LogP contribution in [0.2, 0.25) is 10.0 Å². The zero-order valence-electron chi connectivity index (χ0n) is 8.81. The fourth-order valence-corrected chi connectivity index (χ4v) is 2.35. The molecule has 0 aliphatic carbocycles. The van der Waals surface area contributed by atoms with E-state index in [4.69, 9.17) is 23.2 Å². The Labute approximate surface area is 108 Å². The zero-order chi connectivity index (χ0) is 12.6. The summed E-state index contributed by atoms with van der Waals surface area (Å²) in [4.78, 5) is 13.5. The van der Waals surface area contributed by atoms with Crippen LogP contribution in [0.4, 0.5) is 0 Å². The van der Waals surface area contributed by atoms with Gasteiger partial charge in [-0.3, -0.25) is 4.79 Å². The van der Waals surface area contributed by atoms with Crippen molar-refractivity contribution in [3.8, 4) is 0 Å². The van der Waals surface area contributed by atoms with Gasteiger partial charge in [0.25, 0.3) is 5.91 Å². The van der Waals surface area contributed by atoms with Crippen LogP contribution in [-0.2, 0) is 0 Å². The van der Waals surface area contributed by atoms with Gasteiger partial charge in [0.1, 0.15) is 0 Å². The number of amides is 1. The molecule has 0 unspecified atom stereocenters. The Morgan fingerprint density at radius 1 is 1.18 bits per heavy atom. The molecule has 1 aromatic carbocycles. The van der Waals surface area contributed by atoms with Gasteiger partial charge in [-0.05, 0) is 12.1 Å². The van der Waals surface area contributed by atoms with Crippen molar-refractivity contribution >= 4 is 29.1 Å². The van der Waals surface area contributed by atoms with Gasteiger partial charge in [0.2, 0.25) is 0 Å². The maximum Gasteiger partial charge on any atom is 0.257 e. The fourth-order valence-electron chi connectivity index (χ4n) is 1.80. The van der Waals surface area contributed by atoms with Crippen molar-refractivity contribution in [2.75, 3.05) is 13.1 Å². The molecular formula is C11H11Cl2NO3. The molecule has 1 aliphatic heterocycles. The molecule has 1 aliphatic rings. The maximum atomic E-state index is 12.1. The minimum atomic E-state index is -0.916. The normalized spacial score (nSPS) is 24.1. The molecule has 0 radical (unpaired) electrons. The summed E-state index contributed by atoms with van der Waals surface area (Å²) in [6.07, 6.45) is -1.83. The quantitative estimate of drug-likeness (QED) is 0.809. The largest absolute Gasteiger partial charge is 0.388 e. The number of aliphatic hydroxyl groups is 2. The second-order valence-electron chi connectivity index (χ2n) is 3.94. The molecule has 1 saturated heterocycles. The van der Waals surface area contributed by atoms with Crippen LogP contribution < -0.4 is 0 Å². The number of carbonyl (C=O) groups is 1. The van der Waals surface area contributed by atoms with Crippen molar-refractivity contribution in [1.82, 2.24) is 4.90 Å². The van der Waals surface area contributed by atoms with Gasteiger partial charge in [-0.1, -0.05) is 29.3 Å². The first-order valence-electron chi connectivity index (χ1n) is 5.10. The predicted molar refractivity (Wildman–Crippen MR) is 64.4 cm³/mol. The van der Waals surface area contributed by atoms with Crippen LogP contribution in [0, 0.1) is 0 Å². The number of benzene rings is 1. The second kappa shape index (κ2) is 4.82. The predicted octanol–water partition coefficient (Wildman–Crippen LogP) is 1.17. The summed E-state index contributed by atoms with van der Waals surface area (Å²) < 4.78 is 0. The van der Waals surface area contributed by atoms with Crippen LogP contribution in [0.5, 0.6) is 0 Å². The van der Waals surface area contributed by atoms with Gasteiger partial charge >= 0.3 is 0 Å². The van der Waals surface area contributed by atoms with E-state index in [9.17, 15) is 15.0 Å². The van der Waals surface area contributed by atoms with E-state index in [-0.39, 0.29) is 34.6 Å². The molecule has 1 aromatic rings. The summed E-state index contributed by atoms with van der Waals surface area (Å²) in [5.41, 5.74) is 0.206. The van der Waals surface area contributed by atoms with E-state index >= 15 is 0 Å². The molecule has 2 N–H and O–H groups in total. The molecular weight excluding hydrogens is 265 g/mol. The third-order valence-corrected chi connectivity index (χ3v) is 3.35. The average Bonchev–Trinajstić information content (AvgIpc) is 2.59. The Bertz CT molecular complexity index is 422. The van der Waals surface area contributed by atoms with Gasteiger partial charge in [0, 0.05) is 13.1 Å². The molecule has 1 amide bonds. The molecule has 0 saturated carbocycles. The van der Waals surface area contributed by atoms with Crippen LogP contribution >= 0.6 is 23.2 Å².